The lowest BCUT2D eigenvalue weighted by Gasteiger charge is -2.35. The second-order valence-corrected chi connectivity index (χ2v) is 6.88. The van der Waals surface area contributed by atoms with Crippen LogP contribution in [0.15, 0.2) is 12.1 Å². The minimum atomic E-state index is 0.545. The van der Waals surface area contributed by atoms with Gasteiger partial charge in [0.2, 0.25) is 0 Å². The third kappa shape index (κ3) is 3.44. The lowest BCUT2D eigenvalue weighted by atomic mass is 9.75. The molecule has 2 rings (SSSR count). The SMILES string of the molecule is CCNC(c1c(C)cc(C)cc1C)C1CCCC(C)C1. The molecule has 1 aromatic rings. The average Bonchev–Trinajstić information content (AvgIpc) is 2.36. The molecular formula is C19H31N. The topological polar surface area (TPSA) is 12.0 Å². The summed E-state index contributed by atoms with van der Waals surface area (Å²) >= 11 is 0. The zero-order chi connectivity index (χ0) is 14.7. The van der Waals surface area contributed by atoms with Crippen molar-refractivity contribution in [2.75, 3.05) is 6.54 Å². The minimum Gasteiger partial charge on any atom is -0.310 e. The number of nitrogens with one attached hydrogen (secondary N) is 1. The molecule has 1 aromatic carbocycles. The van der Waals surface area contributed by atoms with Crippen molar-refractivity contribution in [3.63, 3.8) is 0 Å². The number of hydrogen-bond donors (Lipinski definition) is 1. The number of hydrogen-bond acceptors (Lipinski definition) is 1. The molecule has 20 heavy (non-hydrogen) atoms. The standard InChI is InChI=1S/C19H31N/c1-6-20-19(17-9-7-8-13(2)12-17)18-15(4)10-14(3)11-16(18)5/h10-11,13,17,19-20H,6-9,12H2,1-5H3. The van der Waals surface area contributed by atoms with Crippen molar-refractivity contribution >= 4 is 0 Å². The van der Waals surface area contributed by atoms with Crippen LogP contribution in [-0.2, 0) is 0 Å². The first kappa shape index (κ1) is 15.6. The van der Waals surface area contributed by atoms with Gasteiger partial charge in [-0.2, -0.15) is 0 Å². The van der Waals surface area contributed by atoms with Gasteiger partial charge in [-0.05, 0) is 68.7 Å². The summed E-state index contributed by atoms with van der Waals surface area (Å²) < 4.78 is 0. The van der Waals surface area contributed by atoms with E-state index < -0.39 is 0 Å². The van der Waals surface area contributed by atoms with Gasteiger partial charge in [0.1, 0.15) is 0 Å². The highest BCUT2D eigenvalue weighted by molar-refractivity contribution is 5.40. The predicted octanol–water partition coefficient (Wildman–Crippen LogP) is 5.09. The predicted molar refractivity (Wildman–Crippen MR) is 88.2 cm³/mol. The van der Waals surface area contributed by atoms with Crippen molar-refractivity contribution in [1.29, 1.82) is 0 Å². The molecule has 0 aliphatic heterocycles. The fourth-order valence-corrected chi connectivity index (χ4v) is 4.19. The zero-order valence-electron chi connectivity index (χ0n) is 13.9. The molecule has 0 bridgehead atoms. The molecule has 0 aromatic heterocycles. The van der Waals surface area contributed by atoms with Crippen LogP contribution in [0, 0.1) is 32.6 Å². The van der Waals surface area contributed by atoms with E-state index in [1.807, 2.05) is 0 Å². The molecule has 1 nitrogen and oxygen atoms in total. The van der Waals surface area contributed by atoms with Crippen LogP contribution in [0.25, 0.3) is 0 Å². The Hall–Kier alpha value is -0.820. The molecule has 1 heteroatoms. The summed E-state index contributed by atoms with van der Waals surface area (Å²) in [7, 11) is 0. The highest BCUT2D eigenvalue weighted by Gasteiger charge is 2.29. The van der Waals surface area contributed by atoms with Crippen molar-refractivity contribution in [2.45, 2.75) is 66.3 Å². The van der Waals surface area contributed by atoms with Gasteiger partial charge >= 0.3 is 0 Å². The fourth-order valence-electron chi connectivity index (χ4n) is 4.19. The zero-order valence-corrected chi connectivity index (χ0v) is 13.9. The van der Waals surface area contributed by atoms with Crippen molar-refractivity contribution < 1.29 is 0 Å². The van der Waals surface area contributed by atoms with Gasteiger partial charge in [0.05, 0.1) is 0 Å². The van der Waals surface area contributed by atoms with E-state index in [0.29, 0.717) is 6.04 Å². The van der Waals surface area contributed by atoms with Gasteiger partial charge in [-0.3, -0.25) is 0 Å². The Labute approximate surface area is 125 Å². The van der Waals surface area contributed by atoms with Crippen LogP contribution in [0.2, 0.25) is 0 Å². The van der Waals surface area contributed by atoms with E-state index in [9.17, 15) is 0 Å². The van der Waals surface area contributed by atoms with Crippen LogP contribution in [0.4, 0.5) is 0 Å². The van der Waals surface area contributed by atoms with E-state index in [2.05, 4.69) is 52.1 Å². The Bertz CT molecular complexity index is 426. The molecule has 1 fully saturated rings. The van der Waals surface area contributed by atoms with Crippen molar-refractivity contribution in [2.24, 2.45) is 11.8 Å². The maximum absolute atomic E-state index is 3.79. The Morgan fingerprint density at radius 2 is 1.80 bits per heavy atom. The molecule has 0 saturated heterocycles. The number of benzene rings is 1. The van der Waals surface area contributed by atoms with E-state index in [1.165, 1.54) is 42.4 Å². The molecule has 112 valence electrons. The lowest BCUT2D eigenvalue weighted by molar-refractivity contribution is 0.224. The summed E-state index contributed by atoms with van der Waals surface area (Å²) in [6.45, 7) is 12.5. The molecule has 1 aliphatic carbocycles. The Kier molecular flexibility index (Phi) is 5.26. The van der Waals surface area contributed by atoms with Gasteiger partial charge in [0.15, 0.2) is 0 Å². The molecule has 3 unspecified atom stereocenters. The highest BCUT2D eigenvalue weighted by atomic mass is 14.9. The van der Waals surface area contributed by atoms with Crippen LogP contribution < -0.4 is 5.32 Å². The Balaban J connectivity index is 2.33. The summed E-state index contributed by atoms with van der Waals surface area (Å²) in [4.78, 5) is 0. The summed E-state index contributed by atoms with van der Waals surface area (Å²) in [6.07, 6.45) is 5.58. The van der Waals surface area contributed by atoms with Crippen LogP contribution in [-0.4, -0.2) is 6.54 Å². The van der Waals surface area contributed by atoms with E-state index in [1.54, 1.807) is 5.56 Å². The molecule has 1 saturated carbocycles. The third-order valence-electron chi connectivity index (χ3n) is 4.92. The van der Waals surface area contributed by atoms with Crippen LogP contribution in [0.1, 0.15) is 67.8 Å². The van der Waals surface area contributed by atoms with E-state index in [0.717, 1.165) is 18.4 Å². The normalized spacial score (nSPS) is 24.6. The highest BCUT2D eigenvalue weighted by Crippen LogP contribution is 2.39. The first-order valence-electron chi connectivity index (χ1n) is 8.34. The first-order chi connectivity index (χ1) is 9.52. The van der Waals surface area contributed by atoms with Gasteiger partial charge in [0.25, 0.3) is 0 Å². The second-order valence-electron chi connectivity index (χ2n) is 6.88. The van der Waals surface area contributed by atoms with Crippen LogP contribution >= 0.6 is 0 Å². The second kappa shape index (κ2) is 6.76. The monoisotopic (exact) mass is 273 g/mol. The molecule has 3 atom stereocenters. The van der Waals surface area contributed by atoms with Crippen LogP contribution in [0.5, 0.6) is 0 Å². The quantitative estimate of drug-likeness (QED) is 0.806. The summed E-state index contributed by atoms with van der Waals surface area (Å²) in [5.41, 5.74) is 5.88. The van der Waals surface area contributed by atoms with E-state index >= 15 is 0 Å². The Morgan fingerprint density at radius 1 is 1.15 bits per heavy atom. The summed E-state index contributed by atoms with van der Waals surface area (Å²) in [5.74, 6) is 1.69. The van der Waals surface area contributed by atoms with E-state index in [4.69, 9.17) is 0 Å². The average molecular weight is 273 g/mol. The lowest BCUT2D eigenvalue weighted by Crippen LogP contribution is -2.32. The minimum absolute atomic E-state index is 0.545. The smallest absolute Gasteiger partial charge is 0.0353 e. The molecular weight excluding hydrogens is 242 g/mol. The maximum atomic E-state index is 3.79. The van der Waals surface area contributed by atoms with Gasteiger partial charge in [-0.1, -0.05) is 44.4 Å². The van der Waals surface area contributed by atoms with Gasteiger partial charge in [0, 0.05) is 6.04 Å². The molecule has 1 N–H and O–H groups in total. The number of rotatable bonds is 4. The van der Waals surface area contributed by atoms with Crippen molar-refractivity contribution in [3.8, 4) is 0 Å². The number of aryl methyl sites for hydroxylation is 3. The van der Waals surface area contributed by atoms with Crippen LogP contribution in [0.3, 0.4) is 0 Å². The fraction of sp³-hybridized carbons (Fsp3) is 0.684. The van der Waals surface area contributed by atoms with Gasteiger partial charge < -0.3 is 5.32 Å². The summed E-state index contributed by atoms with van der Waals surface area (Å²) in [6, 6.07) is 5.24. The molecule has 0 radical (unpaired) electrons. The first-order valence-corrected chi connectivity index (χ1v) is 8.34. The third-order valence-corrected chi connectivity index (χ3v) is 4.92. The van der Waals surface area contributed by atoms with Gasteiger partial charge in [-0.25, -0.2) is 0 Å². The molecule has 1 aliphatic rings. The largest absolute Gasteiger partial charge is 0.310 e. The molecule has 0 amide bonds. The molecule has 0 heterocycles. The molecule has 0 spiro atoms. The maximum Gasteiger partial charge on any atom is 0.0353 e. The van der Waals surface area contributed by atoms with Crippen molar-refractivity contribution in [1.82, 2.24) is 5.32 Å². The summed E-state index contributed by atoms with van der Waals surface area (Å²) in [5, 5.41) is 3.79. The van der Waals surface area contributed by atoms with Crippen molar-refractivity contribution in [3.05, 3.63) is 34.4 Å². The van der Waals surface area contributed by atoms with E-state index in [-0.39, 0.29) is 0 Å². The Morgan fingerprint density at radius 3 is 2.35 bits per heavy atom. The van der Waals surface area contributed by atoms with Gasteiger partial charge in [-0.15, -0.1) is 0 Å².